The maximum absolute atomic E-state index is 9.02. The molecule has 0 saturated heterocycles. The molecule has 0 amide bonds. The molecule has 0 spiro atoms. The fourth-order valence-corrected chi connectivity index (χ4v) is 3.81. The van der Waals surface area contributed by atoms with Crippen LogP contribution in [0.15, 0.2) is 78.9 Å². The monoisotopic (exact) mass is 322 g/mol. The van der Waals surface area contributed by atoms with E-state index < -0.39 is 0 Å². The molecule has 0 aliphatic carbocycles. The summed E-state index contributed by atoms with van der Waals surface area (Å²) in [7, 11) is -0.318. The Morgan fingerprint density at radius 3 is 2.16 bits per heavy atom. The number of rotatable bonds is 3. The summed E-state index contributed by atoms with van der Waals surface area (Å²) in [4.78, 5) is 0. The van der Waals surface area contributed by atoms with Crippen LogP contribution in [0.25, 0.3) is 43.4 Å². The molecule has 2 nitrogen and oxygen atoms in total. The second kappa shape index (κ2) is 5.50. The number of hydrogen-bond acceptors (Lipinski definition) is 2. The zero-order valence-corrected chi connectivity index (χ0v) is 13.6. The highest BCUT2D eigenvalue weighted by Crippen LogP contribution is 2.39. The minimum absolute atomic E-state index is 0.318. The van der Waals surface area contributed by atoms with E-state index in [-0.39, 0.29) is 7.69 Å². The Kier molecular flexibility index (Phi) is 3.15. The smallest absolute Gasteiger partial charge is 0.504 e. The summed E-state index contributed by atoms with van der Waals surface area (Å²) in [6, 6.07) is 27.5. The van der Waals surface area contributed by atoms with E-state index >= 15 is 0 Å². The molecular weight excluding hydrogens is 307 g/mol. The Morgan fingerprint density at radius 2 is 1.36 bits per heavy atom. The van der Waals surface area contributed by atoms with Gasteiger partial charge in [0.25, 0.3) is 0 Å². The van der Waals surface area contributed by atoms with Crippen molar-refractivity contribution in [2.24, 2.45) is 0 Å². The van der Waals surface area contributed by atoms with Crippen LogP contribution in [0.2, 0.25) is 0 Å². The van der Waals surface area contributed by atoms with Crippen LogP contribution >= 0.6 is 0 Å². The van der Waals surface area contributed by atoms with Crippen molar-refractivity contribution in [3.05, 3.63) is 78.9 Å². The Balaban J connectivity index is 1.86. The second-order valence-electron chi connectivity index (χ2n) is 6.27. The Hall–Kier alpha value is -3.04. The molecule has 0 unspecified atom stereocenters. The van der Waals surface area contributed by atoms with Crippen molar-refractivity contribution in [3.8, 4) is 16.9 Å². The van der Waals surface area contributed by atoms with Gasteiger partial charge in [-0.3, -0.25) is 0 Å². The van der Waals surface area contributed by atoms with Gasteiger partial charge in [-0.2, -0.15) is 0 Å². The highest BCUT2D eigenvalue weighted by molar-refractivity contribution is 6.25. The van der Waals surface area contributed by atoms with Crippen molar-refractivity contribution in [2.75, 3.05) is 0 Å². The molecule has 0 fully saturated rings. The Labute approximate surface area is 145 Å². The van der Waals surface area contributed by atoms with Crippen LogP contribution in [0.3, 0.4) is 0 Å². The molecule has 5 rings (SSSR count). The van der Waals surface area contributed by atoms with Gasteiger partial charge < -0.3 is 9.68 Å². The molecule has 0 atom stereocenters. The predicted octanol–water partition coefficient (Wildman–Crippen LogP) is 4.89. The zero-order chi connectivity index (χ0) is 16.8. The van der Waals surface area contributed by atoms with Gasteiger partial charge in [0.05, 0.1) is 0 Å². The number of benzene rings is 5. The molecule has 0 aliphatic heterocycles. The van der Waals surface area contributed by atoms with Gasteiger partial charge in [-0.15, -0.1) is 0 Å². The summed E-state index contributed by atoms with van der Waals surface area (Å²) >= 11 is 0. The van der Waals surface area contributed by atoms with Crippen molar-refractivity contribution in [3.63, 3.8) is 0 Å². The lowest BCUT2D eigenvalue weighted by molar-refractivity contribution is 0.454. The van der Waals surface area contributed by atoms with E-state index in [0.717, 1.165) is 5.56 Å². The van der Waals surface area contributed by atoms with Crippen LogP contribution in [0, 0.1) is 0 Å². The van der Waals surface area contributed by atoms with Crippen LogP contribution in [0.4, 0.5) is 0 Å². The second-order valence-corrected chi connectivity index (χ2v) is 6.27. The van der Waals surface area contributed by atoms with Crippen molar-refractivity contribution in [2.45, 2.75) is 0 Å². The molecule has 5 aromatic carbocycles. The molecule has 0 heterocycles. The molecule has 0 saturated carbocycles. The van der Waals surface area contributed by atoms with Gasteiger partial charge in [0.2, 0.25) is 0 Å². The average molecular weight is 322 g/mol. The van der Waals surface area contributed by atoms with Crippen molar-refractivity contribution >= 4 is 40.0 Å². The lowest BCUT2D eigenvalue weighted by atomic mass is 9.90. The fourth-order valence-electron chi connectivity index (χ4n) is 3.81. The van der Waals surface area contributed by atoms with E-state index in [9.17, 15) is 0 Å². The zero-order valence-electron chi connectivity index (χ0n) is 13.6. The van der Waals surface area contributed by atoms with Crippen LogP contribution in [-0.4, -0.2) is 12.7 Å². The quantitative estimate of drug-likeness (QED) is 0.379. The number of hydrogen-bond donors (Lipinski definition) is 1. The first kappa shape index (κ1) is 14.3. The topological polar surface area (TPSA) is 29.5 Å². The molecule has 0 radical (unpaired) electrons. The summed E-state index contributed by atoms with van der Waals surface area (Å²) in [5.41, 5.74) is 2.26. The van der Waals surface area contributed by atoms with Crippen molar-refractivity contribution in [1.82, 2.24) is 0 Å². The summed E-state index contributed by atoms with van der Waals surface area (Å²) in [6.07, 6.45) is 0. The van der Waals surface area contributed by atoms with E-state index in [1.807, 2.05) is 18.2 Å². The fraction of sp³-hybridized carbons (Fsp3) is 0. The highest BCUT2D eigenvalue weighted by Gasteiger charge is 2.12. The van der Waals surface area contributed by atoms with Gasteiger partial charge in [0.15, 0.2) is 0 Å². The molecule has 0 aliphatic rings. The van der Waals surface area contributed by atoms with E-state index in [2.05, 4.69) is 60.7 Å². The summed E-state index contributed by atoms with van der Waals surface area (Å²) in [5.74, 6) is 0.672. The summed E-state index contributed by atoms with van der Waals surface area (Å²) < 4.78 is 5.25. The van der Waals surface area contributed by atoms with Gasteiger partial charge in [-0.05, 0) is 55.6 Å². The summed E-state index contributed by atoms with van der Waals surface area (Å²) in [6.45, 7) is 0. The third kappa shape index (κ3) is 2.17. The lowest BCUT2D eigenvalue weighted by Crippen LogP contribution is -1.99. The summed E-state index contributed by atoms with van der Waals surface area (Å²) in [5, 5.41) is 16.7. The lowest BCUT2D eigenvalue weighted by Gasteiger charge is -2.14. The van der Waals surface area contributed by atoms with Gasteiger partial charge in [-0.1, -0.05) is 66.7 Å². The molecule has 1 N–H and O–H groups in total. The highest BCUT2D eigenvalue weighted by atomic mass is 16.5. The molecule has 5 aromatic rings. The maximum atomic E-state index is 9.02. The molecule has 25 heavy (non-hydrogen) atoms. The Bertz CT molecular complexity index is 1200. The predicted molar refractivity (Wildman–Crippen MR) is 106 cm³/mol. The molecule has 0 bridgehead atoms. The van der Waals surface area contributed by atoms with Crippen LogP contribution in [-0.2, 0) is 0 Å². The first-order valence-corrected chi connectivity index (χ1v) is 8.36. The van der Waals surface area contributed by atoms with Gasteiger partial charge in [0, 0.05) is 0 Å². The van der Waals surface area contributed by atoms with E-state index in [1.54, 1.807) is 0 Å². The van der Waals surface area contributed by atoms with Crippen LogP contribution < -0.4 is 4.65 Å². The van der Waals surface area contributed by atoms with E-state index in [0.29, 0.717) is 5.75 Å². The normalized spacial score (nSPS) is 11.4. The van der Waals surface area contributed by atoms with Gasteiger partial charge in [0.1, 0.15) is 5.75 Å². The first-order valence-electron chi connectivity index (χ1n) is 8.36. The average Bonchev–Trinajstić information content (AvgIpc) is 2.66. The molecule has 0 aromatic heterocycles. The van der Waals surface area contributed by atoms with Crippen molar-refractivity contribution < 1.29 is 9.68 Å². The molecule has 118 valence electrons. The van der Waals surface area contributed by atoms with Crippen molar-refractivity contribution in [1.29, 1.82) is 0 Å². The minimum Gasteiger partial charge on any atom is -0.539 e. The third-order valence-corrected chi connectivity index (χ3v) is 4.90. The van der Waals surface area contributed by atoms with Gasteiger partial charge in [-0.25, -0.2) is 0 Å². The van der Waals surface area contributed by atoms with E-state index in [4.69, 9.17) is 9.68 Å². The molecule has 3 heteroatoms. The Morgan fingerprint density at radius 1 is 0.680 bits per heavy atom. The third-order valence-electron chi connectivity index (χ3n) is 4.90. The van der Waals surface area contributed by atoms with Gasteiger partial charge >= 0.3 is 7.69 Å². The SMILES string of the molecule is OBOc1cccc(-c2ccc3ccc4cccc5ccc2c3c45)c1. The minimum atomic E-state index is -0.318. The van der Waals surface area contributed by atoms with Crippen LogP contribution in [0.1, 0.15) is 0 Å². The molecular formula is C22H15BO2. The van der Waals surface area contributed by atoms with E-state index in [1.165, 1.54) is 37.9 Å². The maximum Gasteiger partial charge on any atom is 0.504 e. The largest absolute Gasteiger partial charge is 0.539 e. The van der Waals surface area contributed by atoms with Crippen LogP contribution in [0.5, 0.6) is 5.75 Å². The first-order chi connectivity index (χ1) is 12.3. The standard InChI is InChI=1S/C22H15BO2/c24-23-25-18-6-2-5-17(13-18)19-11-9-16-8-7-14-3-1-4-15-10-12-20(19)22(16)21(14)15/h1-13,23-24H.